The van der Waals surface area contributed by atoms with Gasteiger partial charge in [-0.3, -0.25) is 0 Å². The Bertz CT molecular complexity index is 66.1. The Morgan fingerprint density at radius 3 is 2.00 bits per heavy atom. The summed E-state index contributed by atoms with van der Waals surface area (Å²) in [6.45, 7) is 6.40. The summed E-state index contributed by atoms with van der Waals surface area (Å²) < 4.78 is 0. The average molecular weight is 115 g/mol. The molecule has 0 bridgehead atoms. The van der Waals surface area contributed by atoms with Crippen LogP contribution in [0.4, 0.5) is 0 Å². The molecule has 0 aromatic carbocycles. The van der Waals surface area contributed by atoms with E-state index in [0.29, 0.717) is 6.04 Å². The van der Waals surface area contributed by atoms with Gasteiger partial charge in [0.25, 0.3) is 0 Å². The van der Waals surface area contributed by atoms with Gasteiger partial charge in [-0.15, -0.1) is 0 Å². The molecule has 0 aromatic rings. The van der Waals surface area contributed by atoms with E-state index in [9.17, 15) is 0 Å². The maximum atomic E-state index is 3.18. The zero-order chi connectivity index (χ0) is 5.98. The first-order valence-electron chi connectivity index (χ1n) is 3.07. The molecule has 0 aliphatic carbocycles. The van der Waals surface area contributed by atoms with Gasteiger partial charge in [0.1, 0.15) is 0 Å². The molecule has 0 aromatic heterocycles. The van der Waals surface area contributed by atoms with E-state index in [1.165, 1.54) is 0 Å². The Morgan fingerprint density at radius 2 is 1.75 bits per heavy atom. The van der Waals surface area contributed by atoms with Gasteiger partial charge in [-0.05, 0) is 13.8 Å². The molecule has 0 unspecified atom stereocenters. The van der Waals surface area contributed by atoms with Crippen LogP contribution in [0, 0.1) is 0 Å². The fourth-order valence-electron chi connectivity index (χ4n) is 0.774. The molecule has 8 heavy (non-hydrogen) atoms. The van der Waals surface area contributed by atoms with Crippen LogP contribution in [-0.2, 0) is 0 Å². The molecule has 48 valence electrons. The Morgan fingerprint density at radius 1 is 1.25 bits per heavy atom. The maximum Gasteiger partial charge on any atom is 0.0343 e. The normalized spacial score (nSPS) is 22.9. The van der Waals surface area contributed by atoms with Crippen molar-refractivity contribution in [2.75, 3.05) is 13.1 Å². The van der Waals surface area contributed by atoms with Crippen molar-refractivity contribution in [1.29, 1.82) is 0 Å². The van der Waals surface area contributed by atoms with Gasteiger partial charge in [0.2, 0.25) is 0 Å². The van der Waals surface area contributed by atoms with E-state index in [4.69, 9.17) is 0 Å². The molecule has 1 rings (SSSR count). The summed E-state index contributed by atoms with van der Waals surface area (Å²) in [7, 11) is 0. The van der Waals surface area contributed by atoms with Crippen molar-refractivity contribution in [3.63, 3.8) is 0 Å². The Labute approximate surface area is 50.0 Å². The van der Waals surface area contributed by atoms with E-state index in [2.05, 4.69) is 24.7 Å². The smallest absolute Gasteiger partial charge is 0.0343 e. The fraction of sp³-hybridized carbons (Fsp3) is 1.00. The van der Waals surface area contributed by atoms with Crippen LogP contribution in [0.25, 0.3) is 0 Å². The summed E-state index contributed by atoms with van der Waals surface area (Å²) >= 11 is 0. The SMILES string of the molecule is CC(C)N1NCCN1. The first-order valence-corrected chi connectivity index (χ1v) is 3.07. The summed E-state index contributed by atoms with van der Waals surface area (Å²) in [5, 5.41) is 2.03. The molecule has 0 radical (unpaired) electrons. The molecular formula is C5H13N3. The predicted molar refractivity (Wildman–Crippen MR) is 33.0 cm³/mol. The minimum absolute atomic E-state index is 0.553. The number of nitrogens with one attached hydrogen (secondary N) is 2. The van der Waals surface area contributed by atoms with Crippen molar-refractivity contribution in [2.45, 2.75) is 19.9 Å². The number of rotatable bonds is 1. The second-order valence-electron chi connectivity index (χ2n) is 2.28. The van der Waals surface area contributed by atoms with E-state index in [1.54, 1.807) is 0 Å². The van der Waals surface area contributed by atoms with Gasteiger partial charge >= 0.3 is 0 Å². The lowest BCUT2D eigenvalue weighted by Crippen LogP contribution is -2.43. The van der Waals surface area contributed by atoms with Crippen molar-refractivity contribution in [3.8, 4) is 0 Å². The Hall–Kier alpha value is -0.120. The van der Waals surface area contributed by atoms with Crippen molar-refractivity contribution >= 4 is 0 Å². The van der Waals surface area contributed by atoms with Crippen molar-refractivity contribution < 1.29 is 0 Å². The molecule has 0 atom stereocenters. The van der Waals surface area contributed by atoms with E-state index in [0.717, 1.165) is 13.1 Å². The lowest BCUT2D eigenvalue weighted by molar-refractivity contribution is 0.135. The second-order valence-corrected chi connectivity index (χ2v) is 2.28. The van der Waals surface area contributed by atoms with Crippen molar-refractivity contribution in [3.05, 3.63) is 0 Å². The number of hydrogen-bond acceptors (Lipinski definition) is 3. The quantitative estimate of drug-likeness (QED) is 0.492. The third kappa shape index (κ3) is 1.18. The first kappa shape index (κ1) is 6.01. The molecule has 1 saturated heterocycles. The van der Waals surface area contributed by atoms with Crippen molar-refractivity contribution in [1.82, 2.24) is 16.0 Å². The van der Waals surface area contributed by atoms with Crippen molar-refractivity contribution in [2.24, 2.45) is 0 Å². The molecule has 1 aliphatic heterocycles. The molecule has 0 amide bonds. The zero-order valence-electron chi connectivity index (χ0n) is 5.44. The lowest BCUT2D eigenvalue weighted by atomic mass is 10.4. The molecule has 1 aliphatic rings. The topological polar surface area (TPSA) is 27.3 Å². The van der Waals surface area contributed by atoms with Crippen LogP contribution in [0.5, 0.6) is 0 Å². The fourth-order valence-corrected chi connectivity index (χ4v) is 0.774. The van der Waals surface area contributed by atoms with Gasteiger partial charge in [0.05, 0.1) is 0 Å². The third-order valence-corrected chi connectivity index (χ3v) is 1.21. The van der Waals surface area contributed by atoms with Crippen LogP contribution in [0.1, 0.15) is 13.8 Å². The molecule has 1 fully saturated rings. The number of hydrogen-bond donors (Lipinski definition) is 2. The Balaban J connectivity index is 2.24. The Kier molecular flexibility index (Phi) is 1.83. The van der Waals surface area contributed by atoms with E-state index in [-0.39, 0.29) is 0 Å². The van der Waals surface area contributed by atoms with E-state index < -0.39 is 0 Å². The highest BCUT2D eigenvalue weighted by Crippen LogP contribution is 1.90. The van der Waals surface area contributed by atoms with Gasteiger partial charge in [-0.25, -0.2) is 10.9 Å². The molecule has 0 spiro atoms. The monoisotopic (exact) mass is 115 g/mol. The zero-order valence-corrected chi connectivity index (χ0v) is 5.44. The summed E-state index contributed by atoms with van der Waals surface area (Å²) in [5.74, 6) is 0. The van der Waals surface area contributed by atoms with E-state index in [1.807, 2.05) is 5.12 Å². The maximum absolute atomic E-state index is 3.18. The number of hydrazine groups is 2. The van der Waals surface area contributed by atoms with Gasteiger partial charge < -0.3 is 0 Å². The van der Waals surface area contributed by atoms with Gasteiger partial charge in [0, 0.05) is 19.1 Å². The number of nitrogens with zero attached hydrogens (tertiary/aromatic N) is 1. The highest BCUT2D eigenvalue weighted by atomic mass is 15.8. The summed E-state index contributed by atoms with van der Waals surface area (Å²) in [6, 6.07) is 0.553. The highest BCUT2D eigenvalue weighted by Gasteiger charge is 2.11. The standard InChI is InChI=1S/C5H13N3/c1-5(2)8-6-3-4-7-8/h5-7H,3-4H2,1-2H3. The predicted octanol–water partition coefficient (Wildman–Crippen LogP) is -0.280. The minimum Gasteiger partial charge on any atom is -0.240 e. The summed E-state index contributed by atoms with van der Waals surface area (Å²) in [5.41, 5.74) is 6.36. The summed E-state index contributed by atoms with van der Waals surface area (Å²) in [6.07, 6.45) is 0. The third-order valence-electron chi connectivity index (χ3n) is 1.21. The second kappa shape index (κ2) is 2.44. The largest absolute Gasteiger partial charge is 0.240 e. The molecule has 3 heteroatoms. The van der Waals surface area contributed by atoms with Gasteiger partial charge in [0.15, 0.2) is 0 Å². The molecule has 0 saturated carbocycles. The van der Waals surface area contributed by atoms with Crippen LogP contribution in [0.2, 0.25) is 0 Å². The van der Waals surface area contributed by atoms with Crippen LogP contribution in [0.15, 0.2) is 0 Å². The van der Waals surface area contributed by atoms with Crippen LogP contribution in [0.3, 0.4) is 0 Å². The summed E-state index contributed by atoms with van der Waals surface area (Å²) in [4.78, 5) is 0. The first-order chi connectivity index (χ1) is 3.80. The average Bonchev–Trinajstić information content (AvgIpc) is 2.12. The molecule has 2 N–H and O–H groups in total. The minimum atomic E-state index is 0.553. The van der Waals surface area contributed by atoms with Gasteiger partial charge in [-0.2, -0.15) is 5.12 Å². The van der Waals surface area contributed by atoms with Crippen LogP contribution in [-0.4, -0.2) is 24.2 Å². The molecular weight excluding hydrogens is 102 g/mol. The van der Waals surface area contributed by atoms with E-state index >= 15 is 0 Å². The van der Waals surface area contributed by atoms with Crippen LogP contribution >= 0.6 is 0 Å². The van der Waals surface area contributed by atoms with Gasteiger partial charge in [-0.1, -0.05) is 0 Å². The van der Waals surface area contributed by atoms with Crippen LogP contribution < -0.4 is 10.9 Å². The highest BCUT2D eigenvalue weighted by molar-refractivity contribution is 4.59. The lowest BCUT2D eigenvalue weighted by Gasteiger charge is -2.18. The molecule has 1 heterocycles. The molecule has 3 nitrogen and oxygen atoms in total.